The maximum atomic E-state index is 12.7. The summed E-state index contributed by atoms with van der Waals surface area (Å²) < 4.78 is 53.3. The number of nitrogens with zero attached hydrogens (tertiary/aromatic N) is 2. The van der Waals surface area contributed by atoms with Crippen molar-refractivity contribution in [1.82, 2.24) is 10.1 Å². The molecule has 1 aromatic heterocycles. The molecule has 0 N–H and O–H groups in total. The number of carbonyl (C=O) groups is 1. The average Bonchev–Trinajstić information content (AvgIpc) is 2.77. The van der Waals surface area contributed by atoms with E-state index < -0.39 is 30.1 Å². The van der Waals surface area contributed by atoms with Crippen molar-refractivity contribution in [2.24, 2.45) is 0 Å². The Bertz CT molecular complexity index is 589. The largest absolute Gasteiger partial charge is 0.450 e. The van der Waals surface area contributed by atoms with Crippen molar-refractivity contribution >= 4 is 5.78 Å². The molecule has 0 aliphatic carbocycles. The number of hydrogen-bond acceptors (Lipinski definition) is 4. The predicted molar refractivity (Wildman–Crippen MR) is 54.5 cm³/mol. The van der Waals surface area contributed by atoms with Gasteiger partial charge in [-0.2, -0.15) is 18.2 Å². The molecule has 8 heteroatoms. The van der Waals surface area contributed by atoms with Crippen LogP contribution in [0.4, 0.5) is 17.6 Å². The molecule has 0 amide bonds. The summed E-state index contributed by atoms with van der Waals surface area (Å²) in [6.45, 7) is 0. The van der Waals surface area contributed by atoms with E-state index >= 15 is 0 Å². The third kappa shape index (κ3) is 3.15. The molecule has 19 heavy (non-hydrogen) atoms. The first-order chi connectivity index (χ1) is 8.86. The van der Waals surface area contributed by atoms with Gasteiger partial charge >= 0.3 is 6.18 Å². The molecule has 0 radical (unpaired) electrons. The lowest BCUT2D eigenvalue weighted by atomic mass is 10.2. The predicted octanol–water partition coefficient (Wildman–Crippen LogP) is 2.55. The van der Waals surface area contributed by atoms with Crippen molar-refractivity contribution in [3.05, 3.63) is 36.0 Å². The van der Waals surface area contributed by atoms with Crippen LogP contribution in [0.25, 0.3) is 11.4 Å². The smallest absolute Gasteiger partial charge is 0.338 e. The Balaban J connectivity index is 2.16. The molecule has 4 nitrogen and oxygen atoms in total. The maximum absolute atomic E-state index is 12.7. The minimum atomic E-state index is -4.94. The van der Waals surface area contributed by atoms with E-state index in [9.17, 15) is 22.4 Å². The highest BCUT2D eigenvalue weighted by atomic mass is 19.4. The zero-order valence-corrected chi connectivity index (χ0v) is 9.24. The molecule has 0 spiro atoms. The number of ketones is 1. The highest BCUT2D eigenvalue weighted by molar-refractivity contribution is 5.85. The Morgan fingerprint density at radius 3 is 2.42 bits per heavy atom. The normalized spacial score (nSPS) is 11.6. The number of Topliss-reactive ketones (excluding diaryl/α,β-unsaturated/α-hetero) is 1. The third-order valence-corrected chi connectivity index (χ3v) is 2.20. The highest BCUT2D eigenvalue weighted by Crippen LogP contribution is 2.20. The minimum Gasteiger partial charge on any atom is -0.338 e. The van der Waals surface area contributed by atoms with Crippen molar-refractivity contribution in [3.63, 3.8) is 0 Å². The van der Waals surface area contributed by atoms with Crippen LogP contribution in [-0.2, 0) is 11.2 Å². The first-order valence-corrected chi connectivity index (χ1v) is 5.05. The molecular formula is C11H6F4N2O2. The Hall–Kier alpha value is -2.25. The second-order valence-corrected chi connectivity index (χ2v) is 3.62. The van der Waals surface area contributed by atoms with E-state index in [0.29, 0.717) is 5.56 Å². The maximum Gasteiger partial charge on any atom is 0.450 e. The summed E-state index contributed by atoms with van der Waals surface area (Å²) in [5.41, 5.74) is 0.371. The standard InChI is InChI=1S/C11H6F4N2O2/c12-7-3-1-6(2-4-7)10-16-9(19-17-10)5-8(18)11(13,14)15/h1-4H,5H2. The summed E-state index contributed by atoms with van der Waals surface area (Å²) in [4.78, 5) is 14.4. The molecular weight excluding hydrogens is 268 g/mol. The second-order valence-electron chi connectivity index (χ2n) is 3.62. The first kappa shape index (κ1) is 13.2. The van der Waals surface area contributed by atoms with Crippen molar-refractivity contribution in [2.75, 3.05) is 0 Å². The van der Waals surface area contributed by atoms with Crippen LogP contribution in [-0.4, -0.2) is 22.1 Å². The van der Waals surface area contributed by atoms with Gasteiger partial charge in [0.1, 0.15) is 5.82 Å². The average molecular weight is 274 g/mol. The van der Waals surface area contributed by atoms with Crippen molar-refractivity contribution < 1.29 is 26.9 Å². The summed E-state index contributed by atoms with van der Waals surface area (Å²) in [5.74, 6) is -2.90. The zero-order valence-electron chi connectivity index (χ0n) is 9.24. The number of rotatable bonds is 3. The molecule has 0 bridgehead atoms. The monoisotopic (exact) mass is 274 g/mol. The van der Waals surface area contributed by atoms with Crippen molar-refractivity contribution in [1.29, 1.82) is 0 Å². The van der Waals surface area contributed by atoms with Gasteiger partial charge in [-0.25, -0.2) is 4.39 Å². The molecule has 0 fully saturated rings. The molecule has 2 aromatic rings. The summed E-state index contributed by atoms with van der Waals surface area (Å²) >= 11 is 0. The van der Waals surface area contributed by atoms with Gasteiger partial charge in [0.25, 0.3) is 0 Å². The molecule has 1 heterocycles. The van der Waals surface area contributed by atoms with Gasteiger partial charge < -0.3 is 4.52 Å². The van der Waals surface area contributed by atoms with Crippen LogP contribution < -0.4 is 0 Å². The first-order valence-electron chi connectivity index (χ1n) is 5.05. The number of alkyl halides is 3. The molecule has 1 aromatic carbocycles. The molecule has 0 unspecified atom stereocenters. The highest BCUT2D eigenvalue weighted by Gasteiger charge is 2.39. The number of aromatic nitrogens is 2. The van der Waals surface area contributed by atoms with Crippen LogP contribution in [0.2, 0.25) is 0 Å². The van der Waals surface area contributed by atoms with Crippen molar-refractivity contribution in [3.8, 4) is 11.4 Å². The van der Waals surface area contributed by atoms with Crippen LogP contribution in [0.15, 0.2) is 28.8 Å². The molecule has 0 saturated heterocycles. The number of benzene rings is 1. The topological polar surface area (TPSA) is 56.0 Å². The summed E-state index contributed by atoms with van der Waals surface area (Å²) in [7, 11) is 0. The van der Waals surface area contributed by atoms with E-state index in [4.69, 9.17) is 0 Å². The Labute approximate surface area is 104 Å². The number of carbonyl (C=O) groups excluding carboxylic acids is 1. The third-order valence-electron chi connectivity index (χ3n) is 2.20. The lowest BCUT2D eigenvalue weighted by molar-refractivity contribution is -0.170. The van der Waals surface area contributed by atoms with Gasteiger partial charge in [0.15, 0.2) is 0 Å². The zero-order chi connectivity index (χ0) is 14.0. The SMILES string of the molecule is O=C(Cc1nc(-c2ccc(F)cc2)no1)C(F)(F)F. The van der Waals surface area contributed by atoms with E-state index in [2.05, 4.69) is 14.7 Å². The van der Waals surface area contributed by atoms with Gasteiger partial charge in [-0.1, -0.05) is 5.16 Å². The summed E-state index contributed by atoms with van der Waals surface area (Å²) in [5, 5.41) is 3.42. The van der Waals surface area contributed by atoms with Crippen LogP contribution in [0.5, 0.6) is 0 Å². The molecule has 100 valence electrons. The summed E-state index contributed by atoms with van der Waals surface area (Å²) in [6, 6.07) is 4.98. The Morgan fingerprint density at radius 2 is 1.84 bits per heavy atom. The molecule has 0 aliphatic rings. The fourth-order valence-electron chi connectivity index (χ4n) is 1.28. The number of halogens is 4. The van der Waals surface area contributed by atoms with Gasteiger partial charge in [0.05, 0.1) is 6.42 Å². The van der Waals surface area contributed by atoms with Crippen LogP contribution in [0, 0.1) is 5.82 Å². The Morgan fingerprint density at radius 1 is 1.21 bits per heavy atom. The molecule has 0 saturated carbocycles. The van der Waals surface area contributed by atoms with Crippen molar-refractivity contribution in [2.45, 2.75) is 12.6 Å². The van der Waals surface area contributed by atoms with E-state index in [0.717, 1.165) is 12.1 Å². The fourth-order valence-corrected chi connectivity index (χ4v) is 1.28. The van der Waals surface area contributed by atoms with Crippen LogP contribution in [0.1, 0.15) is 5.89 Å². The van der Waals surface area contributed by atoms with E-state index in [1.165, 1.54) is 12.1 Å². The minimum absolute atomic E-state index is 0.00928. The van der Waals surface area contributed by atoms with E-state index in [1.807, 2.05) is 0 Å². The van der Waals surface area contributed by atoms with Gasteiger partial charge in [-0.05, 0) is 24.3 Å². The molecule has 0 atom stereocenters. The van der Waals surface area contributed by atoms with E-state index in [1.54, 1.807) is 0 Å². The van der Waals surface area contributed by atoms with Gasteiger partial charge in [-0.15, -0.1) is 0 Å². The van der Waals surface area contributed by atoms with Gasteiger partial charge in [0.2, 0.25) is 17.5 Å². The second kappa shape index (κ2) is 4.79. The molecule has 2 rings (SSSR count). The van der Waals surface area contributed by atoms with E-state index in [-0.39, 0.29) is 5.82 Å². The fraction of sp³-hybridized carbons (Fsp3) is 0.182. The van der Waals surface area contributed by atoms with Gasteiger partial charge in [0, 0.05) is 5.56 Å². The van der Waals surface area contributed by atoms with Gasteiger partial charge in [-0.3, -0.25) is 4.79 Å². The Kier molecular flexibility index (Phi) is 3.32. The quantitative estimate of drug-likeness (QED) is 0.807. The number of hydrogen-bond donors (Lipinski definition) is 0. The van der Waals surface area contributed by atoms with Crippen LogP contribution in [0.3, 0.4) is 0 Å². The van der Waals surface area contributed by atoms with Crippen LogP contribution >= 0.6 is 0 Å². The summed E-state index contributed by atoms with van der Waals surface area (Å²) in [6.07, 6.45) is -5.96. The lowest BCUT2D eigenvalue weighted by Crippen LogP contribution is -2.24. The molecule has 0 aliphatic heterocycles. The lowest BCUT2D eigenvalue weighted by Gasteiger charge is -2.00.